The van der Waals surface area contributed by atoms with Crippen LogP contribution in [0.1, 0.15) is 72.4 Å². The lowest BCUT2D eigenvalue weighted by Crippen LogP contribution is -2.51. The van der Waals surface area contributed by atoms with Crippen LogP contribution >= 0.6 is 0 Å². The second-order valence-electron chi connectivity index (χ2n) is 13.9. The maximum absolute atomic E-state index is 13.5. The van der Waals surface area contributed by atoms with Crippen LogP contribution in [0, 0.1) is 25.8 Å². The van der Waals surface area contributed by atoms with Gasteiger partial charge in [0.1, 0.15) is 11.5 Å². The molecule has 11 nitrogen and oxygen atoms in total. The quantitative estimate of drug-likeness (QED) is 0.221. The molecule has 1 aromatic heterocycles. The van der Waals surface area contributed by atoms with Crippen LogP contribution in [0.25, 0.3) is 17.1 Å². The van der Waals surface area contributed by atoms with E-state index in [1.54, 1.807) is 10.6 Å². The summed E-state index contributed by atoms with van der Waals surface area (Å²) in [6.07, 6.45) is 1.69. The Bertz CT molecular complexity index is 1820. The van der Waals surface area contributed by atoms with Gasteiger partial charge in [-0.25, -0.2) is 0 Å². The lowest BCUT2D eigenvalue weighted by molar-refractivity contribution is -0.137. The van der Waals surface area contributed by atoms with Crippen LogP contribution in [-0.4, -0.2) is 92.4 Å². The number of aromatic hydroxyl groups is 2. The van der Waals surface area contributed by atoms with Gasteiger partial charge >= 0.3 is 0 Å². The fraction of sp³-hybridized carbons (Fsp3) is 0.436. The number of anilines is 1. The van der Waals surface area contributed by atoms with E-state index < -0.39 is 0 Å². The highest BCUT2D eigenvalue weighted by Gasteiger charge is 2.31. The molecule has 3 aromatic carbocycles. The predicted octanol–water partition coefficient (Wildman–Crippen LogP) is 5.20. The summed E-state index contributed by atoms with van der Waals surface area (Å²) < 4.78 is 1.64. The molecule has 0 atom stereocenters. The second kappa shape index (κ2) is 14.9. The lowest BCUT2D eigenvalue weighted by atomic mass is 9.94. The first-order valence-electron chi connectivity index (χ1n) is 17.7. The first kappa shape index (κ1) is 34.9. The molecular formula is C39H48N7O4. The number of aryl methyl sites for hydroxylation is 2. The number of piperidine rings is 1. The summed E-state index contributed by atoms with van der Waals surface area (Å²) in [4.78, 5) is 33.3. The average molecular weight is 679 g/mol. The van der Waals surface area contributed by atoms with Gasteiger partial charge in [-0.2, -0.15) is 0 Å². The van der Waals surface area contributed by atoms with Crippen LogP contribution in [0.4, 0.5) is 5.69 Å². The summed E-state index contributed by atoms with van der Waals surface area (Å²) in [6, 6.07) is 18.6. The van der Waals surface area contributed by atoms with Crippen molar-refractivity contribution in [2.75, 3.05) is 50.7 Å². The number of likely N-dealkylation sites (tertiary alicyclic amines) is 1. The zero-order chi connectivity index (χ0) is 35.5. The maximum atomic E-state index is 13.5. The van der Waals surface area contributed by atoms with E-state index in [4.69, 9.17) is 0 Å². The Labute approximate surface area is 294 Å². The number of amides is 2. The number of nitrogens with zero attached hydrogens (tertiary/aromatic N) is 6. The first-order chi connectivity index (χ1) is 24.0. The molecule has 0 unspecified atom stereocenters. The monoisotopic (exact) mass is 678 g/mol. The van der Waals surface area contributed by atoms with Crippen LogP contribution in [0.2, 0.25) is 0 Å². The molecule has 50 heavy (non-hydrogen) atoms. The summed E-state index contributed by atoms with van der Waals surface area (Å²) in [7, 11) is 0. The molecule has 11 heteroatoms. The van der Waals surface area contributed by atoms with Crippen molar-refractivity contribution in [3.05, 3.63) is 82.7 Å². The fourth-order valence-corrected chi connectivity index (χ4v) is 7.17. The predicted molar refractivity (Wildman–Crippen MR) is 194 cm³/mol. The molecule has 2 amide bonds. The van der Waals surface area contributed by atoms with E-state index in [1.807, 2.05) is 45.0 Å². The minimum atomic E-state index is -0.378. The van der Waals surface area contributed by atoms with Crippen molar-refractivity contribution in [2.24, 2.45) is 5.92 Å². The van der Waals surface area contributed by atoms with Gasteiger partial charge in [-0.15, -0.1) is 10.2 Å². The zero-order valence-electron chi connectivity index (χ0n) is 29.7. The minimum Gasteiger partial charge on any atom is -0.508 e. The summed E-state index contributed by atoms with van der Waals surface area (Å²) in [5.74, 6) is 0.218. The number of hydrogen-bond donors (Lipinski definition) is 3. The van der Waals surface area contributed by atoms with E-state index in [0.717, 1.165) is 75.3 Å². The largest absolute Gasteiger partial charge is 0.508 e. The van der Waals surface area contributed by atoms with Gasteiger partial charge in [0.2, 0.25) is 11.7 Å². The van der Waals surface area contributed by atoms with E-state index in [2.05, 4.69) is 62.3 Å². The maximum Gasteiger partial charge on any atom is 0.289 e. The Morgan fingerprint density at radius 2 is 1.54 bits per heavy atom. The molecule has 0 aliphatic carbocycles. The number of phenolic OH excluding ortho intramolecular Hbond substituents is 2. The van der Waals surface area contributed by atoms with Crippen molar-refractivity contribution in [3.8, 4) is 28.6 Å². The molecule has 3 N–H and O–H groups in total. The average Bonchev–Trinajstić information content (AvgIpc) is 3.53. The first-order valence-corrected chi connectivity index (χ1v) is 17.7. The van der Waals surface area contributed by atoms with Gasteiger partial charge in [-0.1, -0.05) is 26.0 Å². The molecule has 4 aromatic rings. The molecule has 1 radical (unpaired) electrons. The minimum absolute atomic E-state index is 0.000128. The van der Waals surface area contributed by atoms with Crippen molar-refractivity contribution >= 4 is 17.5 Å². The highest BCUT2D eigenvalue weighted by atomic mass is 16.3. The van der Waals surface area contributed by atoms with E-state index >= 15 is 0 Å². The highest BCUT2D eigenvalue weighted by Crippen LogP contribution is 2.38. The van der Waals surface area contributed by atoms with Gasteiger partial charge in [-0.3, -0.25) is 19.1 Å². The van der Waals surface area contributed by atoms with Crippen molar-refractivity contribution in [1.29, 1.82) is 0 Å². The van der Waals surface area contributed by atoms with Crippen LogP contribution in [0.15, 0.2) is 48.5 Å². The van der Waals surface area contributed by atoms with E-state index in [9.17, 15) is 19.8 Å². The van der Waals surface area contributed by atoms with Crippen LogP contribution in [-0.2, 0) is 11.3 Å². The third-order valence-electron chi connectivity index (χ3n) is 9.83. The number of aromatic nitrogens is 3. The summed E-state index contributed by atoms with van der Waals surface area (Å²) in [5, 5.41) is 32.6. The number of piperazine rings is 1. The number of benzene rings is 3. The second-order valence-corrected chi connectivity index (χ2v) is 13.9. The number of hydrogen-bond acceptors (Lipinski definition) is 8. The van der Waals surface area contributed by atoms with Crippen molar-refractivity contribution < 1.29 is 19.8 Å². The Morgan fingerprint density at radius 3 is 2.16 bits per heavy atom. The molecule has 6 rings (SSSR count). The Kier molecular flexibility index (Phi) is 10.4. The SMILES string of the molecule is CCNC(=O)c1nnc(-c2cc(C(C)C)c(O)cc2O)n1-c1ccc(CN2CCC(C(=O)N3CCN(c4cc(C)[c]c(C)c4)CC3)CC2)cc1. The van der Waals surface area contributed by atoms with Gasteiger partial charge in [0.15, 0.2) is 5.82 Å². The molecule has 0 bridgehead atoms. The molecule has 0 spiro atoms. The van der Waals surface area contributed by atoms with Crippen molar-refractivity contribution in [3.63, 3.8) is 0 Å². The normalized spacial score (nSPS) is 15.9. The highest BCUT2D eigenvalue weighted by molar-refractivity contribution is 5.92. The van der Waals surface area contributed by atoms with Gasteiger partial charge in [0, 0.05) is 62.6 Å². The molecular weight excluding hydrogens is 630 g/mol. The number of nitrogens with one attached hydrogen (secondary N) is 1. The third kappa shape index (κ3) is 7.47. The molecule has 2 aliphatic heterocycles. The van der Waals surface area contributed by atoms with Crippen LogP contribution in [0.5, 0.6) is 11.5 Å². The Balaban J connectivity index is 1.10. The standard InChI is InChI=1S/C39H48N7O4/c1-6-40-38(49)37-42-41-36(33-22-32(25(2)3)34(47)23-35(33)48)46(37)30-9-7-28(8-10-30)24-43-13-11-29(12-14-43)39(50)45-17-15-44(16-18-45)31-20-26(4)19-27(5)21-31/h7-10,20-23,25,29,47-48H,6,11-18,24H2,1-5H3,(H,40,49). The summed E-state index contributed by atoms with van der Waals surface area (Å²) in [5.41, 5.74) is 6.32. The Morgan fingerprint density at radius 1 is 0.880 bits per heavy atom. The number of phenols is 2. The van der Waals surface area contributed by atoms with Crippen LogP contribution in [0.3, 0.4) is 0 Å². The summed E-state index contributed by atoms with van der Waals surface area (Å²) in [6.45, 7) is 16.0. The molecule has 2 saturated heterocycles. The zero-order valence-corrected chi connectivity index (χ0v) is 29.7. The fourth-order valence-electron chi connectivity index (χ4n) is 7.17. The van der Waals surface area contributed by atoms with E-state index in [1.165, 1.54) is 11.8 Å². The molecule has 0 saturated carbocycles. The van der Waals surface area contributed by atoms with Crippen molar-refractivity contribution in [1.82, 2.24) is 29.9 Å². The van der Waals surface area contributed by atoms with E-state index in [0.29, 0.717) is 29.2 Å². The summed E-state index contributed by atoms with van der Waals surface area (Å²) >= 11 is 0. The molecule has 3 heterocycles. The van der Waals surface area contributed by atoms with Gasteiger partial charge in [0.25, 0.3) is 5.91 Å². The van der Waals surface area contributed by atoms with Gasteiger partial charge in [0.05, 0.1) is 5.56 Å². The number of carbonyl (C=O) groups is 2. The lowest BCUT2D eigenvalue weighted by Gasteiger charge is -2.39. The van der Waals surface area contributed by atoms with Gasteiger partial charge < -0.3 is 25.3 Å². The van der Waals surface area contributed by atoms with E-state index in [-0.39, 0.29) is 41.0 Å². The molecule has 2 aliphatic rings. The topological polar surface area (TPSA) is 127 Å². The Hall–Kier alpha value is -4.90. The van der Waals surface area contributed by atoms with Crippen molar-refractivity contribution in [2.45, 2.75) is 59.9 Å². The number of carbonyl (C=O) groups excluding carboxylic acids is 2. The van der Waals surface area contributed by atoms with Crippen LogP contribution < -0.4 is 10.2 Å². The molecule has 263 valence electrons. The smallest absolute Gasteiger partial charge is 0.289 e. The third-order valence-corrected chi connectivity index (χ3v) is 9.83. The molecule has 2 fully saturated rings. The number of rotatable bonds is 9. The van der Waals surface area contributed by atoms with Gasteiger partial charge in [-0.05, 0) is 111 Å².